The van der Waals surface area contributed by atoms with Gasteiger partial charge in [-0.3, -0.25) is 4.99 Å². The van der Waals surface area contributed by atoms with Gasteiger partial charge in [-0.25, -0.2) is 0 Å². The van der Waals surface area contributed by atoms with E-state index in [1.807, 2.05) is 18.2 Å². The lowest BCUT2D eigenvalue weighted by Crippen LogP contribution is -2.37. The Bertz CT molecular complexity index is 730. The van der Waals surface area contributed by atoms with Crippen LogP contribution in [0.25, 0.3) is 0 Å². The van der Waals surface area contributed by atoms with Crippen LogP contribution in [0.3, 0.4) is 0 Å². The summed E-state index contributed by atoms with van der Waals surface area (Å²) >= 11 is 0. The largest absolute Gasteiger partial charge is 0.496 e. The molecule has 0 heterocycles. The Morgan fingerprint density at radius 2 is 1.85 bits per heavy atom. The average molecular weight is 369 g/mol. The summed E-state index contributed by atoms with van der Waals surface area (Å²) in [5.74, 6) is 1.73. The van der Waals surface area contributed by atoms with Crippen molar-refractivity contribution in [2.45, 2.75) is 26.4 Å². The highest BCUT2D eigenvalue weighted by Gasteiger charge is 2.04. The maximum atomic E-state index is 5.40. The summed E-state index contributed by atoms with van der Waals surface area (Å²) in [6, 6.07) is 16.8. The van der Waals surface area contributed by atoms with E-state index in [0.717, 1.165) is 44.3 Å². The lowest BCUT2D eigenvalue weighted by molar-refractivity contribution is 0.345. The lowest BCUT2D eigenvalue weighted by atomic mass is 10.1. The molecule has 146 valence electrons. The fourth-order valence-electron chi connectivity index (χ4n) is 2.89. The Balaban J connectivity index is 1.82. The van der Waals surface area contributed by atoms with Crippen molar-refractivity contribution in [2.24, 2.45) is 4.99 Å². The van der Waals surface area contributed by atoms with E-state index < -0.39 is 0 Å². The Labute approximate surface area is 163 Å². The Kier molecular flexibility index (Phi) is 8.65. The Morgan fingerprint density at radius 3 is 2.59 bits per heavy atom. The lowest BCUT2D eigenvalue weighted by Gasteiger charge is -2.15. The number of nitrogens with one attached hydrogen (secondary N) is 2. The summed E-state index contributed by atoms with van der Waals surface area (Å²) in [5.41, 5.74) is 3.78. The molecule has 0 fully saturated rings. The van der Waals surface area contributed by atoms with Crippen molar-refractivity contribution in [3.05, 3.63) is 65.2 Å². The minimum absolute atomic E-state index is 0.748. The van der Waals surface area contributed by atoms with E-state index in [9.17, 15) is 0 Å². The summed E-state index contributed by atoms with van der Waals surface area (Å²) in [4.78, 5) is 6.61. The molecule has 0 aliphatic heterocycles. The maximum Gasteiger partial charge on any atom is 0.191 e. The van der Waals surface area contributed by atoms with Crippen molar-refractivity contribution < 1.29 is 4.74 Å². The molecular weight excluding hydrogens is 336 g/mol. The topological polar surface area (TPSA) is 48.9 Å². The molecule has 5 nitrogen and oxygen atoms in total. The van der Waals surface area contributed by atoms with Crippen LogP contribution in [0.5, 0.6) is 5.75 Å². The van der Waals surface area contributed by atoms with Gasteiger partial charge in [0.05, 0.1) is 7.11 Å². The van der Waals surface area contributed by atoms with Crippen molar-refractivity contribution in [3.8, 4) is 5.75 Å². The molecule has 0 radical (unpaired) electrons. The SMILES string of the molecule is CCN(C)Cc1cccc(CNC(=NC)NCCc2ccccc2OC)c1. The zero-order valence-electron chi connectivity index (χ0n) is 17.0. The molecule has 5 heteroatoms. The molecule has 2 N–H and O–H groups in total. The smallest absolute Gasteiger partial charge is 0.191 e. The summed E-state index contributed by atoms with van der Waals surface area (Å²) in [6.45, 7) is 5.73. The van der Waals surface area contributed by atoms with Crippen molar-refractivity contribution in [1.82, 2.24) is 15.5 Å². The van der Waals surface area contributed by atoms with E-state index in [2.05, 4.69) is 64.8 Å². The van der Waals surface area contributed by atoms with Crippen molar-refractivity contribution in [3.63, 3.8) is 0 Å². The van der Waals surface area contributed by atoms with Crippen LogP contribution in [-0.4, -0.2) is 45.2 Å². The number of para-hydroxylation sites is 1. The Hall–Kier alpha value is -2.53. The molecule has 0 bridgehead atoms. The van der Waals surface area contributed by atoms with Crippen molar-refractivity contribution in [1.29, 1.82) is 0 Å². The summed E-state index contributed by atoms with van der Waals surface area (Å²) < 4.78 is 5.40. The molecule has 0 unspecified atom stereocenters. The molecule has 27 heavy (non-hydrogen) atoms. The van der Waals surface area contributed by atoms with Gasteiger partial charge >= 0.3 is 0 Å². The third kappa shape index (κ3) is 6.94. The molecule has 0 amide bonds. The molecule has 2 aromatic carbocycles. The van der Waals surface area contributed by atoms with E-state index in [0.29, 0.717) is 0 Å². The van der Waals surface area contributed by atoms with E-state index in [4.69, 9.17) is 4.74 Å². The first-order valence-corrected chi connectivity index (χ1v) is 9.49. The maximum absolute atomic E-state index is 5.40. The molecular formula is C22H32N4O. The molecule has 0 aliphatic rings. The number of methoxy groups -OCH3 is 1. The van der Waals surface area contributed by atoms with Gasteiger partial charge in [0.15, 0.2) is 5.96 Å². The highest BCUT2D eigenvalue weighted by molar-refractivity contribution is 5.79. The molecule has 0 atom stereocenters. The van der Waals surface area contributed by atoms with Gasteiger partial charge in [0.2, 0.25) is 0 Å². The van der Waals surface area contributed by atoms with Crippen LogP contribution in [-0.2, 0) is 19.5 Å². The number of rotatable bonds is 9. The van der Waals surface area contributed by atoms with Gasteiger partial charge in [-0.1, -0.05) is 49.4 Å². The summed E-state index contributed by atoms with van der Waals surface area (Å²) in [6.07, 6.45) is 0.879. The quantitative estimate of drug-likeness (QED) is 0.528. The second kappa shape index (κ2) is 11.2. The highest BCUT2D eigenvalue weighted by Crippen LogP contribution is 2.17. The number of hydrogen-bond acceptors (Lipinski definition) is 3. The normalized spacial score (nSPS) is 11.5. The Morgan fingerprint density at radius 1 is 1.07 bits per heavy atom. The van der Waals surface area contributed by atoms with Gasteiger partial charge in [0.25, 0.3) is 0 Å². The van der Waals surface area contributed by atoms with Gasteiger partial charge in [-0.15, -0.1) is 0 Å². The third-order valence-electron chi connectivity index (χ3n) is 4.55. The zero-order chi connectivity index (χ0) is 19.5. The van der Waals surface area contributed by atoms with Crippen LogP contribution in [0.15, 0.2) is 53.5 Å². The first-order chi connectivity index (χ1) is 13.2. The number of guanidine groups is 1. The van der Waals surface area contributed by atoms with Crippen LogP contribution in [0.4, 0.5) is 0 Å². The van der Waals surface area contributed by atoms with Gasteiger partial charge in [-0.2, -0.15) is 0 Å². The average Bonchev–Trinajstić information content (AvgIpc) is 2.71. The van der Waals surface area contributed by atoms with Crippen LogP contribution >= 0.6 is 0 Å². The molecule has 2 aromatic rings. The van der Waals surface area contributed by atoms with Gasteiger partial charge in [-0.05, 0) is 42.8 Å². The predicted molar refractivity (Wildman–Crippen MR) is 113 cm³/mol. The van der Waals surface area contributed by atoms with Crippen molar-refractivity contribution >= 4 is 5.96 Å². The van der Waals surface area contributed by atoms with E-state index in [-0.39, 0.29) is 0 Å². The fraction of sp³-hybridized carbons (Fsp3) is 0.409. The second-order valence-corrected chi connectivity index (χ2v) is 6.56. The fourth-order valence-corrected chi connectivity index (χ4v) is 2.89. The van der Waals surface area contributed by atoms with Crippen molar-refractivity contribution in [2.75, 3.05) is 34.3 Å². The van der Waals surface area contributed by atoms with Gasteiger partial charge in [0.1, 0.15) is 5.75 Å². The number of hydrogen-bond donors (Lipinski definition) is 2. The van der Waals surface area contributed by atoms with Crippen LogP contribution in [0, 0.1) is 0 Å². The minimum Gasteiger partial charge on any atom is -0.496 e. The van der Waals surface area contributed by atoms with Gasteiger partial charge in [0, 0.05) is 26.7 Å². The van der Waals surface area contributed by atoms with Crippen LogP contribution in [0.1, 0.15) is 23.6 Å². The first-order valence-electron chi connectivity index (χ1n) is 9.49. The summed E-state index contributed by atoms with van der Waals surface area (Å²) in [7, 11) is 5.64. The molecule has 0 aromatic heterocycles. The molecule has 0 spiro atoms. The van der Waals surface area contributed by atoms with Crippen LogP contribution in [0.2, 0.25) is 0 Å². The van der Waals surface area contributed by atoms with E-state index in [1.54, 1.807) is 14.2 Å². The third-order valence-corrected chi connectivity index (χ3v) is 4.55. The monoisotopic (exact) mass is 368 g/mol. The number of nitrogens with zero attached hydrogens (tertiary/aromatic N) is 2. The zero-order valence-corrected chi connectivity index (χ0v) is 17.0. The molecule has 0 aliphatic carbocycles. The van der Waals surface area contributed by atoms with Gasteiger partial charge < -0.3 is 20.3 Å². The first kappa shape index (κ1) is 20.8. The number of ether oxygens (including phenoxy) is 1. The standard InChI is InChI=1S/C22H32N4O/c1-5-26(3)17-19-10-8-9-18(15-19)16-25-22(23-2)24-14-13-20-11-6-7-12-21(20)27-4/h6-12,15H,5,13-14,16-17H2,1-4H3,(H2,23,24,25). The molecule has 0 saturated heterocycles. The number of benzene rings is 2. The number of aliphatic imine (C=N–C) groups is 1. The molecule has 0 saturated carbocycles. The molecule has 2 rings (SSSR count). The summed E-state index contributed by atoms with van der Waals surface area (Å²) in [5, 5.41) is 6.76. The van der Waals surface area contributed by atoms with E-state index in [1.165, 1.54) is 16.7 Å². The minimum atomic E-state index is 0.748. The van der Waals surface area contributed by atoms with Crippen LogP contribution < -0.4 is 15.4 Å². The highest BCUT2D eigenvalue weighted by atomic mass is 16.5. The predicted octanol–water partition coefficient (Wildman–Crippen LogP) is 3.05. The second-order valence-electron chi connectivity index (χ2n) is 6.56. The van der Waals surface area contributed by atoms with E-state index >= 15 is 0 Å².